The van der Waals surface area contributed by atoms with E-state index in [2.05, 4.69) is 21.2 Å². The van der Waals surface area contributed by atoms with Crippen molar-refractivity contribution < 1.29 is 9.18 Å². The number of nitrogens with one attached hydrogen (secondary N) is 1. The zero-order valence-electron chi connectivity index (χ0n) is 9.58. The maximum absolute atomic E-state index is 13.5. The lowest BCUT2D eigenvalue weighted by Crippen LogP contribution is -2.16. The van der Waals surface area contributed by atoms with Crippen molar-refractivity contribution in [3.8, 4) is 0 Å². The van der Waals surface area contributed by atoms with Gasteiger partial charge in [0.15, 0.2) is 0 Å². The third-order valence-corrected chi connectivity index (χ3v) is 2.88. The summed E-state index contributed by atoms with van der Waals surface area (Å²) in [6, 6.07) is 5.68. The fraction of sp³-hybridized carbons (Fsp3) is 0.0833. The Hall–Kier alpha value is -1.82. The predicted octanol–water partition coefficient (Wildman–Crippen LogP) is 2.76. The third kappa shape index (κ3) is 2.53. The molecule has 0 unspecified atom stereocenters. The molecule has 0 atom stereocenters. The van der Waals surface area contributed by atoms with Gasteiger partial charge in [-0.15, -0.1) is 0 Å². The van der Waals surface area contributed by atoms with Crippen LogP contribution in [0, 0.1) is 5.82 Å². The van der Waals surface area contributed by atoms with Crippen LogP contribution in [0.25, 0.3) is 0 Å². The first-order valence-corrected chi connectivity index (χ1v) is 5.95. The second-order valence-corrected chi connectivity index (χ2v) is 4.76. The standard InChI is InChI=1S/C12H11BrFN3O/c1-17-6-7(13)4-11(17)12(18)16-10-5-8(15)2-3-9(10)14/h2-6H,15H2,1H3,(H,16,18). The van der Waals surface area contributed by atoms with Crippen LogP contribution in [0.15, 0.2) is 34.9 Å². The van der Waals surface area contributed by atoms with Gasteiger partial charge in [-0.1, -0.05) is 0 Å². The molecule has 0 aliphatic heterocycles. The summed E-state index contributed by atoms with van der Waals surface area (Å²) in [5, 5.41) is 2.49. The average molecular weight is 312 g/mol. The molecule has 94 valence electrons. The molecule has 0 saturated carbocycles. The minimum Gasteiger partial charge on any atom is -0.399 e. The van der Waals surface area contributed by atoms with E-state index >= 15 is 0 Å². The molecule has 0 spiro atoms. The number of hydrogen-bond acceptors (Lipinski definition) is 2. The Morgan fingerprint density at radius 3 is 2.78 bits per heavy atom. The predicted molar refractivity (Wildman–Crippen MR) is 71.9 cm³/mol. The molecule has 3 N–H and O–H groups in total. The Bertz CT molecular complexity index is 609. The first-order valence-electron chi connectivity index (χ1n) is 5.15. The normalized spacial score (nSPS) is 10.4. The van der Waals surface area contributed by atoms with Gasteiger partial charge in [-0.05, 0) is 40.2 Å². The number of carbonyl (C=O) groups excluding carboxylic acids is 1. The van der Waals surface area contributed by atoms with Crippen molar-refractivity contribution in [2.75, 3.05) is 11.1 Å². The van der Waals surface area contributed by atoms with Gasteiger partial charge < -0.3 is 15.6 Å². The van der Waals surface area contributed by atoms with Gasteiger partial charge in [0.05, 0.1) is 5.69 Å². The summed E-state index contributed by atoms with van der Waals surface area (Å²) in [7, 11) is 1.73. The molecule has 2 rings (SSSR count). The van der Waals surface area contributed by atoms with Gasteiger partial charge in [0.1, 0.15) is 11.5 Å². The van der Waals surface area contributed by atoms with Gasteiger partial charge in [0.25, 0.3) is 5.91 Å². The number of nitrogen functional groups attached to an aromatic ring is 1. The first kappa shape index (κ1) is 12.6. The van der Waals surface area contributed by atoms with Crippen LogP contribution < -0.4 is 11.1 Å². The summed E-state index contributed by atoms with van der Waals surface area (Å²) < 4.78 is 15.9. The summed E-state index contributed by atoms with van der Waals surface area (Å²) in [6.07, 6.45) is 1.74. The monoisotopic (exact) mass is 311 g/mol. The number of aromatic nitrogens is 1. The Kier molecular flexibility index (Phi) is 3.38. The van der Waals surface area contributed by atoms with E-state index < -0.39 is 11.7 Å². The van der Waals surface area contributed by atoms with E-state index in [1.807, 2.05) is 0 Å². The molecule has 6 heteroatoms. The second-order valence-electron chi connectivity index (χ2n) is 3.85. The van der Waals surface area contributed by atoms with Gasteiger partial charge in [-0.3, -0.25) is 4.79 Å². The van der Waals surface area contributed by atoms with Crippen LogP contribution in [-0.4, -0.2) is 10.5 Å². The van der Waals surface area contributed by atoms with Crippen LogP contribution in [0.3, 0.4) is 0 Å². The number of nitrogens with zero attached hydrogens (tertiary/aromatic N) is 1. The van der Waals surface area contributed by atoms with Crippen LogP contribution in [-0.2, 0) is 7.05 Å². The highest BCUT2D eigenvalue weighted by Gasteiger charge is 2.13. The van der Waals surface area contributed by atoms with Gasteiger partial charge in [0, 0.05) is 23.4 Å². The van der Waals surface area contributed by atoms with Crippen molar-refractivity contribution in [1.29, 1.82) is 0 Å². The number of carbonyl (C=O) groups is 1. The molecule has 0 fully saturated rings. The van der Waals surface area contributed by atoms with Gasteiger partial charge in [-0.25, -0.2) is 4.39 Å². The smallest absolute Gasteiger partial charge is 0.272 e. The van der Waals surface area contributed by atoms with Crippen LogP contribution in [0.4, 0.5) is 15.8 Å². The van der Waals surface area contributed by atoms with Crippen molar-refractivity contribution in [2.45, 2.75) is 0 Å². The Morgan fingerprint density at radius 1 is 1.44 bits per heavy atom. The molecule has 0 aliphatic rings. The van der Waals surface area contributed by atoms with Crippen molar-refractivity contribution >= 4 is 33.2 Å². The zero-order chi connectivity index (χ0) is 13.3. The molecule has 0 bridgehead atoms. The van der Waals surface area contributed by atoms with E-state index in [-0.39, 0.29) is 5.69 Å². The van der Waals surface area contributed by atoms with Gasteiger partial charge in [0.2, 0.25) is 0 Å². The molecule has 4 nitrogen and oxygen atoms in total. The molecule has 1 heterocycles. The number of amides is 1. The van der Waals surface area contributed by atoms with E-state index in [1.165, 1.54) is 18.2 Å². The highest BCUT2D eigenvalue weighted by Crippen LogP contribution is 2.19. The van der Waals surface area contributed by atoms with E-state index in [0.717, 1.165) is 4.47 Å². The maximum Gasteiger partial charge on any atom is 0.272 e. The van der Waals surface area contributed by atoms with Crippen LogP contribution in [0.2, 0.25) is 0 Å². The van der Waals surface area contributed by atoms with Crippen molar-refractivity contribution in [3.63, 3.8) is 0 Å². The summed E-state index contributed by atoms with van der Waals surface area (Å²) in [5.41, 5.74) is 6.42. The maximum atomic E-state index is 13.5. The summed E-state index contributed by atoms with van der Waals surface area (Å²) >= 11 is 3.27. The lowest BCUT2D eigenvalue weighted by Gasteiger charge is -2.07. The molecule has 1 aromatic heterocycles. The molecule has 18 heavy (non-hydrogen) atoms. The highest BCUT2D eigenvalue weighted by atomic mass is 79.9. The summed E-state index contributed by atoms with van der Waals surface area (Å²) in [6.45, 7) is 0. The van der Waals surface area contributed by atoms with E-state index in [1.54, 1.807) is 23.9 Å². The van der Waals surface area contributed by atoms with Crippen molar-refractivity contribution in [1.82, 2.24) is 4.57 Å². The van der Waals surface area contributed by atoms with Gasteiger partial charge >= 0.3 is 0 Å². The van der Waals surface area contributed by atoms with E-state index in [9.17, 15) is 9.18 Å². The highest BCUT2D eigenvalue weighted by molar-refractivity contribution is 9.10. The lowest BCUT2D eigenvalue weighted by molar-refractivity contribution is 0.101. The molecular formula is C12H11BrFN3O. The topological polar surface area (TPSA) is 60.0 Å². The Balaban J connectivity index is 2.26. The second kappa shape index (κ2) is 4.81. The number of rotatable bonds is 2. The summed E-state index contributed by atoms with van der Waals surface area (Å²) in [4.78, 5) is 12.0. The lowest BCUT2D eigenvalue weighted by atomic mass is 10.2. The first-order chi connectivity index (χ1) is 8.47. The zero-order valence-corrected chi connectivity index (χ0v) is 11.2. The fourth-order valence-electron chi connectivity index (χ4n) is 1.57. The largest absolute Gasteiger partial charge is 0.399 e. The van der Waals surface area contributed by atoms with E-state index in [0.29, 0.717) is 11.4 Å². The number of nitrogens with two attached hydrogens (primary N) is 1. The third-order valence-electron chi connectivity index (χ3n) is 2.44. The van der Waals surface area contributed by atoms with Crippen molar-refractivity contribution in [2.24, 2.45) is 7.05 Å². The number of hydrogen-bond donors (Lipinski definition) is 2. The minimum atomic E-state index is -0.522. The molecule has 2 aromatic rings. The van der Waals surface area contributed by atoms with Crippen LogP contribution in [0.1, 0.15) is 10.5 Å². The molecular weight excluding hydrogens is 301 g/mol. The number of anilines is 2. The summed E-state index contributed by atoms with van der Waals surface area (Å²) in [5.74, 6) is -0.918. The molecule has 1 aromatic carbocycles. The average Bonchev–Trinajstić information content (AvgIpc) is 2.63. The van der Waals surface area contributed by atoms with Gasteiger partial charge in [-0.2, -0.15) is 0 Å². The Morgan fingerprint density at radius 2 is 2.17 bits per heavy atom. The molecule has 0 aliphatic carbocycles. The number of benzene rings is 1. The fourth-order valence-corrected chi connectivity index (χ4v) is 2.10. The Labute approximate surface area is 112 Å². The van der Waals surface area contributed by atoms with Crippen molar-refractivity contribution in [3.05, 3.63) is 46.4 Å². The molecule has 0 radical (unpaired) electrons. The molecule has 1 amide bonds. The van der Waals surface area contributed by atoms with Crippen LogP contribution >= 0.6 is 15.9 Å². The SMILES string of the molecule is Cn1cc(Br)cc1C(=O)Nc1cc(N)ccc1F. The van der Waals surface area contributed by atoms with E-state index in [4.69, 9.17) is 5.73 Å². The number of halogens is 2. The molecule has 0 saturated heterocycles. The van der Waals surface area contributed by atoms with Crippen LogP contribution in [0.5, 0.6) is 0 Å². The number of aryl methyl sites for hydroxylation is 1. The quantitative estimate of drug-likeness (QED) is 0.838. The minimum absolute atomic E-state index is 0.0670.